The van der Waals surface area contributed by atoms with Crippen LogP contribution in [0.15, 0.2) is 182 Å². The van der Waals surface area contributed by atoms with Gasteiger partial charge in [0.25, 0.3) is 0 Å². The third kappa shape index (κ3) is 5.60. The summed E-state index contributed by atoms with van der Waals surface area (Å²) in [7, 11) is 0. The predicted octanol–water partition coefficient (Wildman–Crippen LogP) is 12.4. The molecule has 0 fully saturated rings. The summed E-state index contributed by atoms with van der Waals surface area (Å²) in [6, 6.07) is 18.7. The van der Waals surface area contributed by atoms with Gasteiger partial charge in [-0.3, -0.25) is 0 Å². The fourth-order valence-corrected chi connectivity index (χ4v) is 6.88. The van der Waals surface area contributed by atoms with E-state index in [1.807, 2.05) is 84.9 Å². The highest BCUT2D eigenvalue weighted by Crippen LogP contribution is 2.43. The van der Waals surface area contributed by atoms with Crippen molar-refractivity contribution < 1.29 is 19.2 Å². The zero-order valence-corrected chi connectivity index (χ0v) is 26.8. The van der Waals surface area contributed by atoms with E-state index in [4.69, 9.17) is 28.7 Å². The van der Waals surface area contributed by atoms with Crippen LogP contribution >= 0.6 is 11.3 Å². The molecule has 5 heteroatoms. The van der Waals surface area contributed by atoms with E-state index >= 15 is 0 Å². The lowest BCUT2D eigenvalue weighted by molar-refractivity contribution is 1.08. The molecule has 0 aliphatic rings. The van der Waals surface area contributed by atoms with Gasteiger partial charge in [0, 0.05) is 53.9 Å². The molecular weight excluding hydrogens is 629 g/mol. The maximum Gasteiger partial charge on any atom is 0.164 e. The Hall–Kier alpha value is -6.43. The number of hydrogen-bond donors (Lipinski definition) is 0. The van der Waals surface area contributed by atoms with Crippen LogP contribution in [-0.2, 0) is 0 Å². The largest absolute Gasteiger partial charge is 0.311 e. The normalized spacial score (nSPS) is 15.1. The second kappa shape index (κ2) is 12.9. The molecule has 0 aliphatic heterocycles. The number of thiophene rings is 1. The Balaban J connectivity index is 1.35. The molecule has 0 saturated carbocycles. The van der Waals surface area contributed by atoms with Gasteiger partial charge in [-0.05, 0) is 65.6 Å². The van der Waals surface area contributed by atoms with E-state index in [1.165, 1.54) is 11.3 Å². The monoisotopic (exact) mass is 672 g/mol. The lowest BCUT2D eigenvalue weighted by Crippen LogP contribution is -2.09. The first-order valence-electron chi connectivity index (χ1n) is 22.5. The number of para-hydroxylation sites is 2. The minimum absolute atomic E-state index is 0.179. The number of benzene rings is 7. The lowest BCUT2D eigenvalue weighted by atomic mass is 9.98. The molecule has 0 unspecified atom stereocenters. The van der Waals surface area contributed by atoms with E-state index in [0.717, 1.165) is 26.6 Å². The lowest BCUT2D eigenvalue weighted by Gasteiger charge is -2.25. The Morgan fingerprint density at radius 3 is 1.56 bits per heavy atom. The third-order valence-corrected chi connectivity index (χ3v) is 9.08. The van der Waals surface area contributed by atoms with Gasteiger partial charge in [0.15, 0.2) is 17.5 Å². The highest BCUT2D eigenvalue weighted by Gasteiger charge is 2.19. The van der Waals surface area contributed by atoms with Gasteiger partial charge < -0.3 is 4.90 Å². The fourth-order valence-electron chi connectivity index (χ4n) is 5.71. The van der Waals surface area contributed by atoms with E-state index in [1.54, 1.807) is 12.1 Å². The van der Waals surface area contributed by atoms with Crippen LogP contribution in [0.3, 0.4) is 0 Å². The molecule has 2 aromatic heterocycles. The zero-order valence-electron chi connectivity index (χ0n) is 39.9. The van der Waals surface area contributed by atoms with Gasteiger partial charge in [0.1, 0.15) is 0 Å². The quantitative estimate of drug-likeness (QED) is 0.169. The molecule has 0 aliphatic carbocycles. The summed E-state index contributed by atoms with van der Waals surface area (Å²) in [4.78, 5) is 15.4. The maximum atomic E-state index is 9.51. The first kappa shape index (κ1) is 18.4. The number of anilines is 3. The van der Waals surface area contributed by atoms with E-state index in [-0.39, 0.29) is 17.0 Å². The number of hydrogen-bond acceptors (Lipinski definition) is 5. The molecule has 0 radical (unpaired) electrons. The van der Waals surface area contributed by atoms with Crippen molar-refractivity contribution in [3.8, 4) is 45.3 Å². The molecule has 7 aromatic carbocycles. The van der Waals surface area contributed by atoms with Crippen molar-refractivity contribution in [1.29, 1.82) is 0 Å². The molecule has 0 amide bonds. The minimum Gasteiger partial charge on any atom is -0.311 e. The van der Waals surface area contributed by atoms with Crippen molar-refractivity contribution in [2.75, 3.05) is 4.90 Å². The SMILES string of the molecule is [2H]c1c([2H])c([2H])c(N(c2c([2H])c([2H])c([2H])c([2H])c2[2H])c2c([2H])c([2H])c(-c3cc(-c4nc(-c5ccccc5)nc(-c5ccccc5)n4)c4c(c3)sc3ccccc34)c([2H])c2[2H])c([2H])c1[2H]. The van der Waals surface area contributed by atoms with Gasteiger partial charge in [0.05, 0.1) is 19.2 Å². The molecular formula is C45H30N4S. The summed E-state index contributed by atoms with van der Waals surface area (Å²) in [6.07, 6.45) is 0. The van der Waals surface area contributed by atoms with Gasteiger partial charge in [-0.25, -0.2) is 15.0 Å². The van der Waals surface area contributed by atoms with Crippen molar-refractivity contribution in [1.82, 2.24) is 15.0 Å². The summed E-state index contributed by atoms with van der Waals surface area (Å²) in [5.74, 6) is 1.04. The summed E-state index contributed by atoms with van der Waals surface area (Å²) >= 11 is 1.44. The van der Waals surface area contributed by atoms with Crippen LogP contribution in [0.2, 0.25) is 0 Å². The topological polar surface area (TPSA) is 41.9 Å². The van der Waals surface area contributed by atoms with E-state index in [9.17, 15) is 5.48 Å². The molecule has 9 rings (SSSR count). The highest BCUT2D eigenvalue weighted by atomic mass is 32.1. The fraction of sp³-hybridized carbons (Fsp3) is 0. The van der Waals surface area contributed by atoms with Crippen LogP contribution in [0.4, 0.5) is 17.1 Å². The minimum atomic E-state index is -0.874. The molecule has 2 heterocycles. The Kier molecular flexibility index (Phi) is 4.73. The summed E-state index contributed by atoms with van der Waals surface area (Å²) < 4.78 is 125. The first-order valence-corrected chi connectivity index (χ1v) is 16.3. The van der Waals surface area contributed by atoms with Crippen molar-refractivity contribution >= 4 is 48.6 Å². The molecule has 0 spiro atoms. The van der Waals surface area contributed by atoms with Crippen molar-refractivity contribution in [2.24, 2.45) is 0 Å². The molecule has 236 valence electrons. The zero-order chi connectivity index (χ0) is 45.5. The van der Waals surface area contributed by atoms with Crippen LogP contribution in [0, 0.1) is 0 Å². The smallest absolute Gasteiger partial charge is 0.164 e. The van der Waals surface area contributed by atoms with Gasteiger partial charge >= 0.3 is 0 Å². The average molecular weight is 673 g/mol. The van der Waals surface area contributed by atoms with Gasteiger partial charge in [0.2, 0.25) is 0 Å². The van der Waals surface area contributed by atoms with Gasteiger partial charge in [-0.2, -0.15) is 0 Å². The van der Waals surface area contributed by atoms with Crippen molar-refractivity contribution in [3.63, 3.8) is 0 Å². The van der Waals surface area contributed by atoms with E-state index < -0.39 is 102 Å². The Bertz CT molecular complexity index is 3190. The van der Waals surface area contributed by atoms with E-state index in [0.29, 0.717) is 26.8 Å². The Morgan fingerprint density at radius 1 is 0.440 bits per heavy atom. The Labute approximate surface area is 314 Å². The molecule has 0 saturated heterocycles. The van der Waals surface area contributed by atoms with E-state index in [2.05, 4.69) is 0 Å². The van der Waals surface area contributed by atoms with Crippen LogP contribution in [-0.4, -0.2) is 15.0 Å². The maximum absolute atomic E-state index is 9.51. The molecule has 50 heavy (non-hydrogen) atoms. The van der Waals surface area contributed by atoms with Crippen LogP contribution in [0.25, 0.3) is 65.5 Å². The second-order valence-electron chi connectivity index (χ2n) is 11.0. The number of nitrogens with zero attached hydrogens (tertiary/aromatic N) is 4. The number of rotatable bonds is 7. The second-order valence-corrected chi connectivity index (χ2v) is 12.1. The third-order valence-electron chi connectivity index (χ3n) is 7.96. The molecule has 0 atom stereocenters. The first-order chi connectivity index (χ1) is 30.6. The Morgan fingerprint density at radius 2 is 0.960 bits per heavy atom. The van der Waals surface area contributed by atoms with Gasteiger partial charge in [-0.15, -0.1) is 11.3 Å². The van der Waals surface area contributed by atoms with Crippen molar-refractivity contribution in [3.05, 3.63) is 182 Å². The number of aromatic nitrogens is 3. The summed E-state index contributed by atoms with van der Waals surface area (Å²) in [6.45, 7) is 0. The standard InChI is InChI=1S/C45H30N4S/c1-5-15-32(16-6-1)43-46-44(33-17-7-2-8-18-33)48-45(47-43)39-29-34(30-41-42(39)38-23-13-14-24-40(38)50-41)31-25-27-37(28-26-31)49(35-19-9-3-10-20-35)36-21-11-4-12-22-36/h1-30H/i3D,4D,9D,10D,11D,12D,19D,20D,21D,22D,25D,26D,27D,28D. The predicted molar refractivity (Wildman–Crippen MR) is 209 cm³/mol. The van der Waals surface area contributed by atoms with Crippen LogP contribution < -0.4 is 4.90 Å². The van der Waals surface area contributed by atoms with Gasteiger partial charge in [-0.1, -0.05) is 127 Å². The molecule has 0 N–H and O–H groups in total. The van der Waals surface area contributed by atoms with Crippen molar-refractivity contribution in [2.45, 2.75) is 0 Å². The van der Waals surface area contributed by atoms with Crippen LogP contribution in [0.5, 0.6) is 0 Å². The summed E-state index contributed by atoms with van der Waals surface area (Å²) in [5.41, 5.74) is -0.192. The number of fused-ring (bicyclic) bond motifs is 3. The average Bonchev–Trinajstić information content (AvgIpc) is 3.69. The van der Waals surface area contributed by atoms with Crippen LogP contribution in [0.1, 0.15) is 19.2 Å². The molecule has 4 nitrogen and oxygen atoms in total. The molecule has 0 bridgehead atoms. The molecule has 9 aromatic rings. The summed E-state index contributed by atoms with van der Waals surface area (Å²) in [5, 5.41) is 1.66. The highest BCUT2D eigenvalue weighted by molar-refractivity contribution is 7.26.